The number of benzene rings is 1. The predicted molar refractivity (Wildman–Crippen MR) is 70.9 cm³/mol. The normalized spacial score (nSPS) is 13.7. The van der Waals surface area contributed by atoms with Crippen molar-refractivity contribution in [3.8, 4) is 5.75 Å². The van der Waals surface area contributed by atoms with Gasteiger partial charge in [0, 0.05) is 12.6 Å². The smallest absolute Gasteiger partial charge is 0.309 e. The molecule has 0 bridgehead atoms. The lowest BCUT2D eigenvalue weighted by Crippen LogP contribution is -2.41. The first kappa shape index (κ1) is 13.4. The summed E-state index contributed by atoms with van der Waals surface area (Å²) in [7, 11) is 1.61. The fourth-order valence-electron chi connectivity index (χ4n) is 1.78. The summed E-state index contributed by atoms with van der Waals surface area (Å²) in [5.74, 6) is -0.316. The fourth-order valence-corrected chi connectivity index (χ4v) is 1.78. The molecule has 0 aromatic heterocycles. The van der Waals surface area contributed by atoms with Crippen molar-refractivity contribution >= 4 is 11.8 Å². The van der Waals surface area contributed by atoms with Gasteiger partial charge in [-0.2, -0.15) is 0 Å². The largest absolute Gasteiger partial charge is 0.496 e. The molecule has 0 aliphatic heterocycles. The SMILES string of the molecule is COc1ccccc1CCNC(=O)C(=O)NC1CC1. The first-order chi connectivity index (χ1) is 9.20. The van der Waals surface area contributed by atoms with Crippen LogP contribution in [0.1, 0.15) is 18.4 Å². The van der Waals surface area contributed by atoms with Crippen LogP contribution in [0.25, 0.3) is 0 Å². The predicted octanol–water partition coefficient (Wildman–Crippen LogP) is 0.632. The summed E-state index contributed by atoms with van der Waals surface area (Å²) < 4.78 is 5.22. The second-order valence-electron chi connectivity index (χ2n) is 4.57. The third kappa shape index (κ3) is 3.98. The van der Waals surface area contributed by atoms with E-state index in [2.05, 4.69) is 10.6 Å². The van der Waals surface area contributed by atoms with Crippen molar-refractivity contribution in [2.75, 3.05) is 13.7 Å². The van der Waals surface area contributed by atoms with Gasteiger partial charge in [-0.15, -0.1) is 0 Å². The maximum atomic E-state index is 11.5. The van der Waals surface area contributed by atoms with Gasteiger partial charge >= 0.3 is 11.8 Å². The molecule has 5 heteroatoms. The number of carbonyl (C=O) groups is 2. The molecule has 0 spiro atoms. The van der Waals surface area contributed by atoms with Gasteiger partial charge in [-0.25, -0.2) is 0 Å². The number of carbonyl (C=O) groups excluding carboxylic acids is 2. The molecule has 0 saturated heterocycles. The lowest BCUT2D eigenvalue weighted by molar-refractivity contribution is -0.139. The zero-order valence-electron chi connectivity index (χ0n) is 10.9. The Morgan fingerprint density at radius 1 is 1.26 bits per heavy atom. The van der Waals surface area contributed by atoms with E-state index in [1.807, 2.05) is 24.3 Å². The summed E-state index contributed by atoms with van der Waals surface area (Å²) >= 11 is 0. The number of methoxy groups -OCH3 is 1. The number of hydrogen-bond donors (Lipinski definition) is 2. The minimum Gasteiger partial charge on any atom is -0.496 e. The van der Waals surface area contributed by atoms with E-state index >= 15 is 0 Å². The number of hydrogen-bond acceptors (Lipinski definition) is 3. The number of para-hydroxylation sites is 1. The van der Waals surface area contributed by atoms with Crippen LogP contribution < -0.4 is 15.4 Å². The Balaban J connectivity index is 1.76. The van der Waals surface area contributed by atoms with Crippen molar-refractivity contribution < 1.29 is 14.3 Å². The van der Waals surface area contributed by atoms with Crippen LogP contribution >= 0.6 is 0 Å². The van der Waals surface area contributed by atoms with Gasteiger partial charge in [-0.1, -0.05) is 18.2 Å². The van der Waals surface area contributed by atoms with Crippen molar-refractivity contribution in [1.29, 1.82) is 0 Å². The first-order valence-electron chi connectivity index (χ1n) is 6.41. The first-order valence-corrected chi connectivity index (χ1v) is 6.41. The van der Waals surface area contributed by atoms with Gasteiger partial charge < -0.3 is 15.4 Å². The third-order valence-electron chi connectivity index (χ3n) is 2.99. The van der Waals surface area contributed by atoms with E-state index < -0.39 is 11.8 Å². The van der Waals surface area contributed by atoms with Crippen LogP contribution in [0.15, 0.2) is 24.3 Å². The summed E-state index contributed by atoms with van der Waals surface area (Å²) in [5, 5.41) is 5.26. The van der Waals surface area contributed by atoms with E-state index in [1.54, 1.807) is 7.11 Å². The Hall–Kier alpha value is -2.04. The van der Waals surface area contributed by atoms with E-state index in [9.17, 15) is 9.59 Å². The monoisotopic (exact) mass is 262 g/mol. The zero-order chi connectivity index (χ0) is 13.7. The molecule has 2 rings (SSSR count). The molecule has 0 atom stereocenters. The van der Waals surface area contributed by atoms with Gasteiger partial charge in [0.1, 0.15) is 5.75 Å². The highest BCUT2D eigenvalue weighted by Gasteiger charge is 2.26. The Kier molecular flexibility index (Phi) is 4.39. The van der Waals surface area contributed by atoms with Crippen LogP contribution in [0.5, 0.6) is 5.75 Å². The van der Waals surface area contributed by atoms with Gasteiger partial charge in [0.25, 0.3) is 0 Å². The standard InChI is InChI=1S/C14H18N2O3/c1-19-12-5-3-2-4-10(12)8-9-15-13(17)14(18)16-11-6-7-11/h2-5,11H,6-9H2,1H3,(H,15,17)(H,16,18). The second-order valence-corrected chi connectivity index (χ2v) is 4.57. The van der Waals surface area contributed by atoms with E-state index in [0.717, 1.165) is 24.2 Å². The summed E-state index contributed by atoms with van der Waals surface area (Å²) in [6, 6.07) is 7.82. The fraction of sp³-hybridized carbons (Fsp3) is 0.429. The van der Waals surface area contributed by atoms with Gasteiger partial charge in [-0.3, -0.25) is 9.59 Å². The third-order valence-corrected chi connectivity index (χ3v) is 2.99. The average Bonchev–Trinajstić information content (AvgIpc) is 3.23. The molecule has 1 fully saturated rings. The molecule has 2 N–H and O–H groups in total. The molecule has 1 saturated carbocycles. The molecule has 0 heterocycles. The zero-order valence-corrected chi connectivity index (χ0v) is 10.9. The molecule has 1 aliphatic carbocycles. The van der Waals surface area contributed by atoms with Crippen molar-refractivity contribution in [3.63, 3.8) is 0 Å². The molecule has 1 aromatic carbocycles. The molecule has 2 amide bonds. The van der Waals surface area contributed by atoms with E-state index in [1.165, 1.54) is 0 Å². The maximum Gasteiger partial charge on any atom is 0.309 e. The molecule has 19 heavy (non-hydrogen) atoms. The summed E-state index contributed by atoms with van der Waals surface area (Å²) in [4.78, 5) is 22.9. The van der Waals surface area contributed by atoms with Crippen LogP contribution in [0.2, 0.25) is 0 Å². The lowest BCUT2D eigenvalue weighted by atomic mass is 10.1. The molecule has 1 aromatic rings. The van der Waals surface area contributed by atoms with Crippen LogP contribution in [-0.2, 0) is 16.0 Å². The second kappa shape index (κ2) is 6.22. The van der Waals surface area contributed by atoms with Crippen LogP contribution in [0.3, 0.4) is 0 Å². The van der Waals surface area contributed by atoms with Gasteiger partial charge in [0.05, 0.1) is 7.11 Å². The minimum absolute atomic E-state index is 0.201. The van der Waals surface area contributed by atoms with Crippen LogP contribution in [0.4, 0.5) is 0 Å². The summed E-state index contributed by atoms with van der Waals surface area (Å²) in [5.41, 5.74) is 1.01. The van der Waals surface area contributed by atoms with E-state index in [0.29, 0.717) is 13.0 Å². The highest BCUT2D eigenvalue weighted by atomic mass is 16.5. The van der Waals surface area contributed by atoms with Crippen molar-refractivity contribution in [1.82, 2.24) is 10.6 Å². The van der Waals surface area contributed by atoms with Crippen molar-refractivity contribution in [2.45, 2.75) is 25.3 Å². The highest BCUT2D eigenvalue weighted by molar-refractivity contribution is 6.35. The molecule has 1 aliphatic rings. The molecular weight excluding hydrogens is 244 g/mol. The van der Waals surface area contributed by atoms with E-state index in [-0.39, 0.29) is 6.04 Å². The lowest BCUT2D eigenvalue weighted by Gasteiger charge is -2.09. The minimum atomic E-state index is -0.568. The quantitative estimate of drug-likeness (QED) is 0.765. The average molecular weight is 262 g/mol. The van der Waals surface area contributed by atoms with Gasteiger partial charge in [0.15, 0.2) is 0 Å². The van der Waals surface area contributed by atoms with Gasteiger partial charge in [0.2, 0.25) is 0 Å². The van der Waals surface area contributed by atoms with Gasteiger partial charge in [-0.05, 0) is 30.9 Å². The molecule has 0 radical (unpaired) electrons. The summed E-state index contributed by atoms with van der Waals surface area (Å²) in [6.45, 7) is 0.414. The number of ether oxygens (including phenoxy) is 1. The maximum absolute atomic E-state index is 11.5. The highest BCUT2D eigenvalue weighted by Crippen LogP contribution is 2.18. The van der Waals surface area contributed by atoms with Crippen LogP contribution in [-0.4, -0.2) is 31.5 Å². The topological polar surface area (TPSA) is 67.4 Å². The molecule has 102 valence electrons. The molecular formula is C14H18N2O3. The van der Waals surface area contributed by atoms with Crippen LogP contribution in [0, 0.1) is 0 Å². The Bertz CT molecular complexity index is 470. The Morgan fingerprint density at radius 2 is 2.00 bits per heavy atom. The molecule has 0 unspecified atom stereocenters. The Labute approximate surface area is 112 Å². The number of rotatable bonds is 5. The van der Waals surface area contributed by atoms with Crippen molar-refractivity contribution in [3.05, 3.63) is 29.8 Å². The number of nitrogens with one attached hydrogen (secondary N) is 2. The Morgan fingerprint density at radius 3 is 2.68 bits per heavy atom. The number of amides is 2. The van der Waals surface area contributed by atoms with E-state index in [4.69, 9.17) is 4.74 Å². The summed E-state index contributed by atoms with van der Waals surface area (Å²) in [6.07, 6.45) is 2.58. The molecule has 5 nitrogen and oxygen atoms in total. The van der Waals surface area contributed by atoms with Crippen molar-refractivity contribution in [2.24, 2.45) is 0 Å².